The molecule has 0 spiro atoms. The van der Waals surface area contributed by atoms with E-state index in [1.54, 1.807) is 66.7 Å². The van der Waals surface area contributed by atoms with E-state index in [4.69, 9.17) is 0 Å². The Morgan fingerprint density at radius 3 is 1.92 bits per heavy atom. The lowest BCUT2D eigenvalue weighted by molar-refractivity contribution is -0.138. The molecule has 3 N–H and O–H groups in total. The van der Waals surface area contributed by atoms with Gasteiger partial charge in [-0.1, -0.05) is 66.7 Å². The van der Waals surface area contributed by atoms with Crippen molar-refractivity contribution in [3.8, 4) is 0 Å². The average molecular weight is 324 g/mol. The fourth-order valence-electron chi connectivity index (χ4n) is 2.32. The van der Waals surface area contributed by atoms with Gasteiger partial charge in [0, 0.05) is 6.54 Å². The van der Waals surface area contributed by atoms with Crippen LogP contribution in [0.15, 0.2) is 73.3 Å². The molecule has 0 aliphatic rings. The van der Waals surface area contributed by atoms with E-state index in [2.05, 4.69) is 17.2 Å². The van der Waals surface area contributed by atoms with Crippen LogP contribution >= 0.6 is 0 Å². The van der Waals surface area contributed by atoms with E-state index in [9.17, 15) is 14.7 Å². The first-order valence-corrected chi connectivity index (χ1v) is 7.58. The Morgan fingerprint density at radius 2 is 1.46 bits per heavy atom. The number of carbonyl (C=O) groups is 2. The molecule has 0 heterocycles. The molecule has 0 saturated carbocycles. The van der Waals surface area contributed by atoms with Gasteiger partial charge < -0.3 is 15.7 Å². The van der Waals surface area contributed by atoms with E-state index in [1.165, 1.54) is 0 Å². The molecule has 5 nitrogen and oxygen atoms in total. The van der Waals surface area contributed by atoms with Crippen molar-refractivity contribution >= 4 is 11.8 Å². The van der Waals surface area contributed by atoms with Crippen molar-refractivity contribution in [1.29, 1.82) is 0 Å². The van der Waals surface area contributed by atoms with Crippen LogP contribution in [-0.4, -0.2) is 30.0 Å². The van der Waals surface area contributed by atoms with E-state index < -0.39 is 11.5 Å². The van der Waals surface area contributed by atoms with Crippen molar-refractivity contribution in [3.63, 3.8) is 0 Å². The van der Waals surface area contributed by atoms with Crippen molar-refractivity contribution in [2.75, 3.05) is 13.1 Å². The maximum absolute atomic E-state index is 12.7. The van der Waals surface area contributed by atoms with E-state index in [1.807, 2.05) is 0 Å². The second-order valence-corrected chi connectivity index (χ2v) is 5.22. The molecule has 0 radical (unpaired) electrons. The lowest BCUT2D eigenvalue weighted by Crippen LogP contribution is -2.48. The van der Waals surface area contributed by atoms with E-state index in [0.29, 0.717) is 17.7 Å². The Morgan fingerprint density at radius 1 is 0.958 bits per heavy atom. The smallest absolute Gasteiger partial charge is 0.261 e. The average Bonchev–Trinajstić information content (AvgIpc) is 2.65. The van der Waals surface area contributed by atoms with Crippen LogP contribution in [0.2, 0.25) is 0 Å². The van der Waals surface area contributed by atoms with Gasteiger partial charge in [0.2, 0.25) is 5.91 Å². The van der Waals surface area contributed by atoms with Gasteiger partial charge in [-0.3, -0.25) is 9.59 Å². The Bertz CT molecular complexity index is 660. The van der Waals surface area contributed by atoms with Crippen LogP contribution in [0.25, 0.3) is 0 Å². The molecule has 0 bridgehead atoms. The zero-order valence-electron chi connectivity index (χ0n) is 13.2. The zero-order valence-corrected chi connectivity index (χ0v) is 13.2. The molecular weight excluding hydrogens is 304 g/mol. The number of hydrogen-bond donors (Lipinski definition) is 3. The number of aliphatic hydroxyl groups is 1. The SMILES string of the molecule is C=CCNC(=O)CNC(=O)C(O)(c1ccccc1)c1ccccc1. The highest BCUT2D eigenvalue weighted by atomic mass is 16.3. The standard InChI is InChI=1S/C19H20N2O3/c1-2-13-20-17(22)14-21-18(23)19(24,15-9-5-3-6-10-15)16-11-7-4-8-12-16/h2-12,24H,1,13-14H2,(H,20,22)(H,21,23). The minimum absolute atomic E-state index is 0.228. The summed E-state index contributed by atoms with van der Waals surface area (Å²) in [6.45, 7) is 3.59. The first kappa shape index (κ1) is 17.4. The van der Waals surface area contributed by atoms with Crippen molar-refractivity contribution < 1.29 is 14.7 Å². The normalized spacial score (nSPS) is 10.7. The van der Waals surface area contributed by atoms with Crippen molar-refractivity contribution in [2.45, 2.75) is 5.60 Å². The summed E-state index contributed by atoms with van der Waals surface area (Å²) < 4.78 is 0. The summed E-state index contributed by atoms with van der Waals surface area (Å²) >= 11 is 0. The molecule has 0 saturated heterocycles. The number of rotatable bonds is 7. The quantitative estimate of drug-likeness (QED) is 0.673. The molecule has 2 aromatic rings. The van der Waals surface area contributed by atoms with Crippen molar-refractivity contribution in [2.24, 2.45) is 0 Å². The summed E-state index contributed by atoms with van der Waals surface area (Å²) in [7, 11) is 0. The summed E-state index contributed by atoms with van der Waals surface area (Å²) in [5.74, 6) is -1.01. The Balaban J connectivity index is 2.25. The summed E-state index contributed by atoms with van der Waals surface area (Å²) in [5.41, 5.74) is -1.01. The summed E-state index contributed by atoms with van der Waals surface area (Å²) in [6, 6.07) is 17.3. The number of amides is 2. The van der Waals surface area contributed by atoms with Gasteiger partial charge in [-0.2, -0.15) is 0 Å². The van der Waals surface area contributed by atoms with Crippen LogP contribution in [-0.2, 0) is 15.2 Å². The van der Waals surface area contributed by atoms with Crippen LogP contribution in [0.5, 0.6) is 0 Å². The largest absolute Gasteiger partial charge is 0.372 e. The van der Waals surface area contributed by atoms with Crippen LogP contribution in [0.3, 0.4) is 0 Å². The highest BCUT2D eigenvalue weighted by Gasteiger charge is 2.39. The number of hydrogen-bond acceptors (Lipinski definition) is 3. The summed E-state index contributed by atoms with van der Waals surface area (Å²) in [6.07, 6.45) is 1.55. The molecule has 24 heavy (non-hydrogen) atoms. The molecule has 2 rings (SSSR count). The van der Waals surface area contributed by atoms with Gasteiger partial charge in [0.1, 0.15) is 0 Å². The summed E-state index contributed by atoms with van der Waals surface area (Å²) in [4.78, 5) is 24.3. The number of carbonyl (C=O) groups excluding carboxylic acids is 2. The first-order chi connectivity index (χ1) is 11.6. The molecule has 124 valence electrons. The summed E-state index contributed by atoms with van der Waals surface area (Å²) in [5, 5.41) is 16.2. The van der Waals surface area contributed by atoms with Crippen LogP contribution in [0.4, 0.5) is 0 Å². The third-order valence-corrected chi connectivity index (χ3v) is 3.56. The van der Waals surface area contributed by atoms with E-state index >= 15 is 0 Å². The number of nitrogens with one attached hydrogen (secondary N) is 2. The third kappa shape index (κ3) is 3.88. The highest BCUT2D eigenvalue weighted by Crippen LogP contribution is 2.29. The van der Waals surface area contributed by atoms with Gasteiger partial charge in [-0.15, -0.1) is 6.58 Å². The van der Waals surface area contributed by atoms with Crippen LogP contribution < -0.4 is 10.6 Å². The van der Waals surface area contributed by atoms with Gasteiger partial charge in [0.25, 0.3) is 5.91 Å². The third-order valence-electron chi connectivity index (χ3n) is 3.56. The van der Waals surface area contributed by atoms with Crippen molar-refractivity contribution in [1.82, 2.24) is 10.6 Å². The maximum atomic E-state index is 12.7. The zero-order chi connectivity index (χ0) is 17.4. The van der Waals surface area contributed by atoms with Crippen LogP contribution in [0, 0.1) is 0 Å². The lowest BCUT2D eigenvalue weighted by atomic mass is 9.85. The molecule has 2 amide bonds. The van der Waals surface area contributed by atoms with Gasteiger partial charge in [-0.25, -0.2) is 0 Å². The molecule has 5 heteroatoms. The molecule has 2 aromatic carbocycles. The Labute approximate surface area is 141 Å². The predicted octanol–water partition coefficient (Wildman–Crippen LogP) is 1.34. The fourth-order valence-corrected chi connectivity index (χ4v) is 2.32. The number of benzene rings is 2. The van der Waals surface area contributed by atoms with Crippen LogP contribution in [0.1, 0.15) is 11.1 Å². The lowest BCUT2D eigenvalue weighted by Gasteiger charge is -2.28. The molecule has 0 aliphatic carbocycles. The fraction of sp³-hybridized carbons (Fsp3) is 0.158. The maximum Gasteiger partial charge on any atom is 0.261 e. The Kier molecular flexibility index (Phi) is 5.87. The second-order valence-electron chi connectivity index (χ2n) is 5.22. The molecular formula is C19H20N2O3. The molecule has 0 fully saturated rings. The van der Waals surface area contributed by atoms with Gasteiger partial charge in [-0.05, 0) is 11.1 Å². The topological polar surface area (TPSA) is 78.4 Å². The minimum Gasteiger partial charge on any atom is -0.372 e. The van der Waals surface area contributed by atoms with Gasteiger partial charge in [0.05, 0.1) is 6.54 Å². The molecule has 0 aromatic heterocycles. The molecule has 0 unspecified atom stereocenters. The predicted molar refractivity (Wildman–Crippen MR) is 92.1 cm³/mol. The molecule has 0 atom stereocenters. The van der Waals surface area contributed by atoms with Crippen molar-refractivity contribution in [3.05, 3.63) is 84.4 Å². The Hall–Kier alpha value is -2.92. The first-order valence-electron chi connectivity index (χ1n) is 7.58. The highest BCUT2D eigenvalue weighted by molar-refractivity contribution is 5.92. The monoisotopic (exact) mass is 324 g/mol. The van der Waals surface area contributed by atoms with E-state index in [-0.39, 0.29) is 12.5 Å². The minimum atomic E-state index is -1.87. The van der Waals surface area contributed by atoms with E-state index in [0.717, 1.165) is 0 Å². The molecule has 0 aliphatic heterocycles. The van der Waals surface area contributed by atoms with Gasteiger partial charge in [0.15, 0.2) is 5.60 Å². The second kappa shape index (κ2) is 8.08. The van der Waals surface area contributed by atoms with Gasteiger partial charge >= 0.3 is 0 Å².